The first-order valence-corrected chi connectivity index (χ1v) is 11.2. The van der Waals surface area contributed by atoms with Crippen molar-refractivity contribution in [3.8, 4) is 0 Å². The lowest BCUT2D eigenvalue weighted by molar-refractivity contribution is -0.141. The lowest BCUT2D eigenvalue weighted by Crippen LogP contribution is -2.52. The topological polar surface area (TPSA) is 49.4 Å². The van der Waals surface area contributed by atoms with Gasteiger partial charge < -0.3 is 10.2 Å². The van der Waals surface area contributed by atoms with Crippen LogP contribution in [0.25, 0.3) is 0 Å². The number of carbonyl (C=O) groups is 2. The smallest absolute Gasteiger partial charge is 0.243 e. The van der Waals surface area contributed by atoms with Gasteiger partial charge in [0.05, 0.1) is 0 Å². The van der Waals surface area contributed by atoms with Crippen molar-refractivity contribution in [1.82, 2.24) is 10.2 Å². The van der Waals surface area contributed by atoms with Crippen molar-refractivity contribution in [2.24, 2.45) is 0 Å². The highest BCUT2D eigenvalue weighted by Crippen LogP contribution is 2.24. The summed E-state index contributed by atoms with van der Waals surface area (Å²) in [5, 5.41) is 4.07. The van der Waals surface area contributed by atoms with E-state index in [0.29, 0.717) is 29.3 Å². The maximum absolute atomic E-state index is 13.2. The maximum Gasteiger partial charge on any atom is 0.243 e. The zero-order valence-corrected chi connectivity index (χ0v) is 19.3. The summed E-state index contributed by atoms with van der Waals surface area (Å²) in [6.45, 7) is 6.19. The molecule has 0 aliphatic rings. The summed E-state index contributed by atoms with van der Waals surface area (Å²) in [5.41, 5.74) is 1.76. The third-order valence-corrected chi connectivity index (χ3v) is 5.68. The molecule has 0 heterocycles. The van der Waals surface area contributed by atoms with Crippen LogP contribution in [0.2, 0.25) is 10.0 Å². The monoisotopic (exact) mass is 448 g/mol. The van der Waals surface area contributed by atoms with Crippen molar-refractivity contribution < 1.29 is 9.59 Å². The Morgan fingerprint density at radius 3 is 2.37 bits per heavy atom. The van der Waals surface area contributed by atoms with Crippen LogP contribution in [0.3, 0.4) is 0 Å². The van der Waals surface area contributed by atoms with Gasteiger partial charge in [-0.15, -0.1) is 0 Å². The van der Waals surface area contributed by atoms with E-state index in [1.54, 1.807) is 17.0 Å². The fourth-order valence-corrected chi connectivity index (χ4v) is 3.65. The second-order valence-corrected chi connectivity index (χ2v) is 8.37. The minimum absolute atomic E-state index is 0.0259. The van der Waals surface area contributed by atoms with Gasteiger partial charge in [-0.2, -0.15) is 0 Å². The number of carbonyl (C=O) groups excluding carboxylic acids is 2. The molecular weight excluding hydrogens is 419 g/mol. The third-order valence-electron chi connectivity index (χ3n) is 5.09. The summed E-state index contributed by atoms with van der Waals surface area (Å²) in [6.07, 6.45) is 2.32. The van der Waals surface area contributed by atoms with Gasteiger partial charge in [0.25, 0.3) is 0 Å². The molecule has 0 spiro atoms. The van der Waals surface area contributed by atoms with Crippen molar-refractivity contribution in [3.05, 3.63) is 69.7 Å². The molecule has 162 valence electrons. The second-order valence-electron chi connectivity index (χ2n) is 7.53. The highest BCUT2D eigenvalue weighted by Gasteiger charge is 2.30. The van der Waals surface area contributed by atoms with Gasteiger partial charge >= 0.3 is 0 Å². The highest BCUT2D eigenvalue weighted by atomic mass is 35.5. The van der Waals surface area contributed by atoms with E-state index in [4.69, 9.17) is 23.2 Å². The predicted octanol–water partition coefficient (Wildman–Crippen LogP) is 5.65. The summed E-state index contributed by atoms with van der Waals surface area (Å²) in [6, 6.07) is 14.4. The van der Waals surface area contributed by atoms with Crippen molar-refractivity contribution in [3.63, 3.8) is 0 Å². The molecule has 0 radical (unpaired) electrons. The third kappa shape index (κ3) is 7.03. The summed E-state index contributed by atoms with van der Waals surface area (Å²) in [7, 11) is 0. The van der Waals surface area contributed by atoms with E-state index < -0.39 is 6.04 Å². The fraction of sp³-hybridized carbons (Fsp3) is 0.417. The average Bonchev–Trinajstić information content (AvgIpc) is 2.72. The molecule has 30 heavy (non-hydrogen) atoms. The molecule has 0 bridgehead atoms. The van der Waals surface area contributed by atoms with Gasteiger partial charge in [-0.1, -0.05) is 73.4 Å². The molecule has 0 fully saturated rings. The average molecular weight is 449 g/mol. The SMILES string of the molecule is CCCC(=O)N(Cc1ccc(Cl)cc1Cl)[C@H](Cc1ccccc1)C(=O)N[C@H](C)CC. The van der Waals surface area contributed by atoms with E-state index >= 15 is 0 Å². The van der Waals surface area contributed by atoms with E-state index in [9.17, 15) is 9.59 Å². The Bertz CT molecular complexity index is 842. The molecule has 0 aliphatic carbocycles. The second kappa shape index (κ2) is 12.0. The summed E-state index contributed by atoms with van der Waals surface area (Å²) in [4.78, 5) is 28.0. The molecule has 0 unspecified atom stereocenters. The van der Waals surface area contributed by atoms with E-state index in [1.807, 2.05) is 57.2 Å². The Morgan fingerprint density at radius 2 is 1.77 bits per heavy atom. The highest BCUT2D eigenvalue weighted by molar-refractivity contribution is 6.35. The standard InChI is InChI=1S/C24H30Cl2N2O2/c1-4-9-23(29)28(16-19-12-13-20(25)15-21(19)26)22(24(30)27-17(3)5-2)14-18-10-7-6-8-11-18/h6-8,10-13,15,17,22H,4-5,9,14,16H2,1-3H3,(H,27,30)/t17-,22-/m1/s1. The molecule has 1 N–H and O–H groups in total. The van der Waals surface area contributed by atoms with Crippen molar-refractivity contribution in [2.75, 3.05) is 0 Å². The number of halogens is 2. The molecule has 2 amide bonds. The van der Waals surface area contributed by atoms with E-state index in [2.05, 4.69) is 5.32 Å². The number of hydrogen-bond acceptors (Lipinski definition) is 2. The first-order chi connectivity index (χ1) is 14.3. The molecule has 0 aliphatic heterocycles. The van der Waals surface area contributed by atoms with Gasteiger partial charge in [-0.25, -0.2) is 0 Å². The van der Waals surface area contributed by atoms with Crippen LogP contribution < -0.4 is 5.32 Å². The van der Waals surface area contributed by atoms with Crippen LogP contribution in [0, 0.1) is 0 Å². The van der Waals surface area contributed by atoms with E-state index in [0.717, 1.165) is 17.5 Å². The van der Waals surface area contributed by atoms with Gasteiger partial charge in [-0.05, 0) is 43.0 Å². The minimum atomic E-state index is -0.632. The summed E-state index contributed by atoms with van der Waals surface area (Å²) >= 11 is 12.4. The summed E-state index contributed by atoms with van der Waals surface area (Å²) < 4.78 is 0. The Hall–Kier alpha value is -2.04. The fourth-order valence-electron chi connectivity index (χ4n) is 3.19. The lowest BCUT2D eigenvalue weighted by Gasteiger charge is -2.32. The molecule has 6 heteroatoms. The molecule has 2 atom stereocenters. The van der Waals surface area contributed by atoms with E-state index in [1.165, 1.54) is 0 Å². The Morgan fingerprint density at radius 1 is 1.07 bits per heavy atom. The van der Waals surface area contributed by atoms with Crippen LogP contribution in [-0.4, -0.2) is 28.8 Å². The van der Waals surface area contributed by atoms with Gasteiger partial charge in [0.15, 0.2) is 0 Å². The minimum Gasteiger partial charge on any atom is -0.352 e. The number of rotatable bonds is 10. The molecular formula is C24H30Cl2N2O2. The van der Waals surface area contributed by atoms with Crippen LogP contribution >= 0.6 is 23.2 Å². The normalized spacial score (nSPS) is 12.8. The van der Waals surface area contributed by atoms with Crippen LogP contribution in [0.5, 0.6) is 0 Å². The molecule has 0 aromatic heterocycles. The maximum atomic E-state index is 13.2. The van der Waals surface area contributed by atoms with Gasteiger partial charge in [0, 0.05) is 35.5 Å². The molecule has 2 aromatic rings. The predicted molar refractivity (Wildman–Crippen MR) is 124 cm³/mol. The number of nitrogens with one attached hydrogen (secondary N) is 1. The largest absolute Gasteiger partial charge is 0.352 e. The molecule has 4 nitrogen and oxygen atoms in total. The van der Waals surface area contributed by atoms with Gasteiger partial charge in [-0.3, -0.25) is 9.59 Å². The number of hydrogen-bond donors (Lipinski definition) is 1. The van der Waals surface area contributed by atoms with Crippen LogP contribution in [-0.2, 0) is 22.6 Å². The first kappa shape index (κ1) is 24.2. The van der Waals surface area contributed by atoms with Crippen LogP contribution in [0.15, 0.2) is 48.5 Å². The number of nitrogens with zero attached hydrogens (tertiary/aromatic N) is 1. The zero-order chi connectivity index (χ0) is 22.1. The Labute approximate surface area is 189 Å². The van der Waals surface area contributed by atoms with Gasteiger partial charge in [0.1, 0.15) is 6.04 Å². The molecule has 2 rings (SSSR count). The first-order valence-electron chi connectivity index (χ1n) is 10.4. The number of benzene rings is 2. The lowest BCUT2D eigenvalue weighted by atomic mass is 10.0. The van der Waals surface area contributed by atoms with Crippen molar-refractivity contribution >= 4 is 35.0 Å². The summed E-state index contributed by atoms with van der Waals surface area (Å²) in [5.74, 6) is -0.216. The van der Waals surface area contributed by atoms with Crippen LogP contribution in [0.4, 0.5) is 0 Å². The molecule has 0 saturated carbocycles. The zero-order valence-electron chi connectivity index (χ0n) is 17.8. The van der Waals surface area contributed by atoms with E-state index in [-0.39, 0.29) is 24.4 Å². The van der Waals surface area contributed by atoms with Crippen molar-refractivity contribution in [2.45, 2.75) is 65.1 Å². The number of amides is 2. The van der Waals surface area contributed by atoms with Gasteiger partial charge in [0.2, 0.25) is 11.8 Å². The molecule has 2 aromatic carbocycles. The van der Waals surface area contributed by atoms with Crippen molar-refractivity contribution in [1.29, 1.82) is 0 Å². The van der Waals surface area contributed by atoms with Crippen LogP contribution in [0.1, 0.15) is 51.2 Å². The molecule has 0 saturated heterocycles. The quantitative estimate of drug-likeness (QED) is 0.510. The Balaban J connectivity index is 2.41. The Kier molecular flexibility index (Phi) is 9.67.